The Labute approximate surface area is 134 Å². The van der Waals surface area contributed by atoms with Crippen molar-refractivity contribution in [1.29, 1.82) is 0 Å². The number of piperidine rings is 1. The summed E-state index contributed by atoms with van der Waals surface area (Å²) in [5, 5.41) is 10.2. The molecule has 0 bridgehead atoms. The van der Waals surface area contributed by atoms with Crippen LogP contribution in [0, 0.1) is 12.8 Å². The number of likely N-dealkylation sites (tertiary alicyclic amines) is 1. The van der Waals surface area contributed by atoms with Gasteiger partial charge in [0.1, 0.15) is 9.88 Å². The minimum absolute atomic E-state index is 0.0512. The van der Waals surface area contributed by atoms with Gasteiger partial charge >= 0.3 is 0 Å². The zero-order chi connectivity index (χ0) is 15.5. The molecule has 5 heteroatoms. The number of rotatable bonds is 3. The predicted octanol–water partition coefficient (Wildman–Crippen LogP) is 2.96. The first kappa shape index (κ1) is 15.2. The van der Waals surface area contributed by atoms with Crippen LogP contribution in [-0.2, 0) is 0 Å². The maximum absolute atomic E-state index is 12.7. The summed E-state index contributed by atoms with van der Waals surface area (Å²) < 4.78 is 0. The molecule has 1 aromatic heterocycles. The number of carbonyl (C=O) groups excluding carboxylic acids is 1. The number of amides is 1. The highest BCUT2D eigenvalue weighted by Gasteiger charge is 2.26. The van der Waals surface area contributed by atoms with E-state index in [2.05, 4.69) is 4.98 Å². The summed E-state index contributed by atoms with van der Waals surface area (Å²) in [6, 6.07) is 9.94. The van der Waals surface area contributed by atoms with E-state index in [-0.39, 0.29) is 18.4 Å². The number of nitrogens with zero attached hydrogens (tertiary/aromatic N) is 2. The number of hydrogen-bond acceptors (Lipinski definition) is 4. The fourth-order valence-electron chi connectivity index (χ4n) is 2.84. The minimum Gasteiger partial charge on any atom is -0.396 e. The molecule has 1 unspecified atom stereocenters. The molecule has 0 saturated carbocycles. The molecule has 3 rings (SSSR count). The molecule has 0 aliphatic carbocycles. The van der Waals surface area contributed by atoms with Gasteiger partial charge in [-0.25, -0.2) is 4.98 Å². The second-order valence-electron chi connectivity index (χ2n) is 5.74. The fraction of sp³-hybridized carbons (Fsp3) is 0.412. The van der Waals surface area contributed by atoms with Crippen molar-refractivity contribution >= 4 is 17.2 Å². The van der Waals surface area contributed by atoms with Crippen LogP contribution in [0.1, 0.15) is 28.2 Å². The van der Waals surface area contributed by atoms with Gasteiger partial charge < -0.3 is 10.0 Å². The Morgan fingerprint density at radius 3 is 2.91 bits per heavy atom. The molecule has 0 radical (unpaired) electrons. The first-order chi connectivity index (χ1) is 10.7. The Balaban J connectivity index is 1.83. The topological polar surface area (TPSA) is 53.4 Å². The van der Waals surface area contributed by atoms with Gasteiger partial charge in [0, 0.05) is 25.3 Å². The Morgan fingerprint density at radius 1 is 1.41 bits per heavy atom. The minimum atomic E-state index is 0.0512. The van der Waals surface area contributed by atoms with Crippen LogP contribution in [0.4, 0.5) is 0 Å². The number of aromatic nitrogens is 1. The molecule has 2 heterocycles. The first-order valence-electron chi connectivity index (χ1n) is 7.62. The second kappa shape index (κ2) is 6.58. The molecule has 1 saturated heterocycles. The first-order valence-corrected chi connectivity index (χ1v) is 8.43. The Bertz CT molecular complexity index is 654. The third kappa shape index (κ3) is 3.05. The van der Waals surface area contributed by atoms with Crippen LogP contribution < -0.4 is 0 Å². The number of aliphatic hydroxyl groups excluding tert-OH is 1. The zero-order valence-corrected chi connectivity index (χ0v) is 13.5. The fourth-order valence-corrected chi connectivity index (χ4v) is 3.88. The summed E-state index contributed by atoms with van der Waals surface area (Å²) in [6.07, 6.45) is 1.96. The average Bonchev–Trinajstić information content (AvgIpc) is 2.97. The Morgan fingerprint density at radius 2 is 2.18 bits per heavy atom. The molecule has 1 aromatic carbocycles. The molecule has 22 heavy (non-hydrogen) atoms. The molecule has 116 valence electrons. The van der Waals surface area contributed by atoms with E-state index in [0.29, 0.717) is 6.54 Å². The lowest BCUT2D eigenvalue weighted by Crippen LogP contribution is -2.40. The molecule has 2 aromatic rings. The largest absolute Gasteiger partial charge is 0.396 e. The van der Waals surface area contributed by atoms with E-state index in [1.54, 1.807) is 0 Å². The van der Waals surface area contributed by atoms with Crippen LogP contribution in [0.3, 0.4) is 0 Å². The van der Waals surface area contributed by atoms with Gasteiger partial charge in [0.15, 0.2) is 0 Å². The van der Waals surface area contributed by atoms with Gasteiger partial charge in [0.25, 0.3) is 5.91 Å². The van der Waals surface area contributed by atoms with Crippen LogP contribution in [0.15, 0.2) is 30.3 Å². The van der Waals surface area contributed by atoms with E-state index < -0.39 is 0 Å². The normalized spacial score (nSPS) is 18.5. The molecular formula is C17H20N2O2S. The molecule has 1 N–H and O–H groups in total. The van der Waals surface area contributed by atoms with Gasteiger partial charge in [0.2, 0.25) is 0 Å². The summed E-state index contributed by atoms with van der Waals surface area (Å²) in [6.45, 7) is 3.46. The third-order valence-electron chi connectivity index (χ3n) is 4.08. The lowest BCUT2D eigenvalue weighted by atomic mass is 9.99. The maximum atomic E-state index is 12.7. The average molecular weight is 316 g/mol. The predicted molar refractivity (Wildman–Crippen MR) is 88.0 cm³/mol. The summed E-state index contributed by atoms with van der Waals surface area (Å²) in [5.74, 6) is 0.259. The quantitative estimate of drug-likeness (QED) is 0.947. The van der Waals surface area contributed by atoms with E-state index in [9.17, 15) is 9.90 Å². The highest BCUT2D eigenvalue weighted by Crippen LogP contribution is 2.29. The smallest absolute Gasteiger partial charge is 0.265 e. The van der Waals surface area contributed by atoms with Crippen molar-refractivity contribution in [2.45, 2.75) is 19.8 Å². The number of hydrogen-bond donors (Lipinski definition) is 1. The molecule has 0 spiro atoms. The van der Waals surface area contributed by atoms with Gasteiger partial charge in [-0.05, 0) is 25.7 Å². The van der Waals surface area contributed by atoms with Crippen molar-refractivity contribution < 1.29 is 9.90 Å². The molecule has 1 atom stereocenters. The van der Waals surface area contributed by atoms with Crippen molar-refractivity contribution in [1.82, 2.24) is 9.88 Å². The van der Waals surface area contributed by atoms with Crippen LogP contribution in [-0.4, -0.2) is 40.6 Å². The number of thiazole rings is 1. The van der Waals surface area contributed by atoms with Gasteiger partial charge in [-0.1, -0.05) is 30.3 Å². The van der Waals surface area contributed by atoms with Crippen molar-refractivity contribution in [2.24, 2.45) is 5.92 Å². The van der Waals surface area contributed by atoms with E-state index in [4.69, 9.17) is 0 Å². The van der Waals surface area contributed by atoms with E-state index in [1.807, 2.05) is 42.2 Å². The molecular weight excluding hydrogens is 296 g/mol. The number of carbonyl (C=O) groups is 1. The summed E-state index contributed by atoms with van der Waals surface area (Å²) in [7, 11) is 0. The van der Waals surface area contributed by atoms with E-state index in [1.165, 1.54) is 11.3 Å². The monoisotopic (exact) mass is 316 g/mol. The molecule has 1 aliphatic rings. The summed E-state index contributed by atoms with van der Waals surface area (Å²) in [5.41, 5.74) is 1.83. The Kier molecular flexibility index (Phi) is 4.55. The third-order valence-corrected chi connectivity index (χ3v) is 5.27. The van der Waals surface area contributed by atoms with Gasteiger partial charge in [0.05, 0.1) is 5.69 Å². The number of aryl methyl sites for hydroxylation is 1. The van der Waals surface area contributed by atoms with Crippen molar-refractivity contribution in [3.8, 4) is 10.6 Å². The summed E-state index contributed by atoms with van der Waals surface area (Å²) >= 11 is 1.46. The number of benzene rings is 1. The van der Waals surface area contributed by atoms with Gasteiger partial charge in [-0.15, -0.1) is 11.3 Å². The zero-order valence-electron chi connectivity index (χ0n) is 12.7. The second-order valence-corrected chi connectivity index (χ2v) is 6.74. The lowest BCUT2D eigenvalue weighted by molar-refractivity contribution is 0.0624. The van der Waals surface area contributed by atoms with Crippen molar-refractivity contribution in [2.75, 3.05) is 19.7 Å². The molecule has 4 nitrogen and oxygen atoms in total. The van der Waals surface area contributed by atoms with Crippen LogP contribution in [0.2, 0.25) is 0 Å². The van der Waals surface area contributed by atoms with Crippen LogP contribution in [0.25, 0.3) is 10.6 Å². The standard InChI is InChI=1S/C17H20N2O2S/c1-12-15(17(21)19-9-5-6-13(10-19)11-20)22-16(18-12)14-7-3-2-4-8-14/h2-4,7-8,13,20H,5-6,9-11H2,1H3. The maximum Gasteiger partial charge on any atom is 0.265 e. The number of aliphatic hydroxyl groups is 1. The van der Waals surface area contributed by atoms with Crippen LogP contribution in [0.5, 0.6) is 0 Å². The van der Waals surface area contributed by atoms with Crippen LogP contribution >= 0.6 is 11.3 Å². The highest BCUT2D eigenvalue weighted by molar-refractivity contribution is 7.17. The van der Waals surface area contributed by atoms with Crippen molar-refractivity contribution in [3.05, 3.63) is 40.9 Å². The summed E-state index contributed by atoms with van der Waals surface area (Å²) in [4.78, 5) is 19.9. The lowest BCUT2D eigenvalue weighted by Gasteiger charge is -2.31. The molecule has 1 amide bonds. The Hall–Kier alpha value is -1.72. The van der Waals surface area contributed by atoms with Gasteiger partial charge in [-0.3, -0.25) is 4.79 Å². The van der Waals surface area contributed by atoms with E-state index >= 15 is 0 Å². The molecule has 1 fully saturated rings. The van der Waals surface area contributed by atoms with Crippen molar-refractivity contribution in [3.63, 3.8) is 0 Å². The SMILES string of the molecule is Cc1nc(-c2ccccc2)sc1C(=O)N1CCCC(CO)C1. The molecule has 1 aliphatic heterocycles. The van der Waals surface area contributed by atoms with E-state index in [0.717, 1.165) is 40.5 Å². The highest BCUT2D eigenvalue weighted by atomic mass is 32.1. The van der Waals surface area contributed by atoms with Gasteiger partial charge in [-0.2, -0.15) is 0 Å².